The Hall–Kier alpha value is -0.840. The van der Waals surface area contributed by atoms with Crippen LogP contribution < -0.4 is 0 Å². The van der Waals surface area contributed by atoms with Crippen molar-refractivity contribution in [2.75, 3.05) is 0 Å². The Morgan fingerprint density at radius 1 is 1.29 bits per heavy atom. The van der Waals surface area contributed by atoms with Gasteiger partial charge in [-0.1, -0.05) is 18.2 Å². The normalized spacial score (nSPS) is 11.2. The molecule has 0 bridgehead atoms. The molecule has 0 saturated heterocycles. The maximum absolute atomic E-state index is 2.22. The number of hydrogen-bond donors (Lipinski definition) is 0. The van der Waals surface area contributed by atoms with E-state index in [1.165, 1.54) is 24.9 Å². The summed E-state index contributed by atoms with van der Waals surface area (Å²) >= 11 is 5.54. The van der Waals surface area contributed by atoms with E-state index in [4.69, 9.17) is 0 Å². The van der Waals surface area contributed by atoms with Gasteiger partial charge in [0, 0.05) is 29.0 Å². The number of aromatic nitrogens is 1. The van der Waals surface area contributed by atoms with Gasteiger partial charge in [0.2, 0.25) is 8.90 Å². The molecule has 0 aliphatic carbocycles. The molecule has 2 aromatic heterocycles. The molecule has 0 fully saturated rings. The van der Waals surface area contributed by atoms with Crippen LogP contribution in [0.1, 0.15) is 4.88 Å². The fraction of sp³-hybridized carbons (Fsp3) is 0.154. The Morgan fingerprint density at radius 3 is 2.88 bits per heavy atom. The summed E-state index contributed by atoms with van der Waals surface area (Å²) in [5.74, 6) is 0. The van der Waals surface area contributed by atoms with Crippen molar-refractivity contribution >= 4 is 45.3 Å². The maximum Gasteiger partial charge on any atom is 0.243 e. The minimum atomic E-state index is 1.30. The molecule has 0 radical (unpaired) electrons. The zero-order chi connectivity index (χ0) is 11.8. The van der Waals surface area contributed by atoms with Crippen molar-refractivity contribution in [3.63, 3.8) is 0 Å². The van der Waals surface area contributed by atoms with Crippen LogP contribution in [0.3, 0.4) is 0 Å². The summed E-state index contributed by atoms with van der Waals surface area (Å²) in [5, 5.41) is 1.35. The van der Waals surface area contributed by atoms with Gasteiger partial charge in [0.1, 0.15) is 0 Å². The quantitative estimate of drug-likeness (QED) is 0.594. The summed E-state index contributed by atoms with van der Waals surface area (Å²) in [6.07, 6.45) is 2.22. The van der Waals surface area contributed by atoms with Gasteiger partial charge in [0.05, 0.1) is 22.7 Å². The molecular formula is C13H12NS3+. The number of fused-ring (bicyclic) bond motifs is 1. The number of nitrogens with zero attached hydrogens (tertiary/aromatic N) is 1. The minimum absolute atomic E-state index is 1.30. The van der Waals surface area contributed by atoms with Crippen molar-refractivity contribution in [1.29, 1.82) is 0 Å². The van der Waals surface area contributed by atoms with Crippen LogP contribution in [-0.4, -0.2) is 4.57 Å². The predicted octanol–water partition coefficient (Wildman–Crippen LogP) is 5.04. The molecule has 0 saturated carbocycles. The fourth-order valence-corrected chi connectivity index (χ4v) is 5.44. The molecule has 86 valence electrons. The lowest BCUT2D eigenvalue weighted by Gasteiger charge is -1.94. The molecule has 0 atom stereocenters. The number of rotatable bonds is 2. The second-order valence-corrected chi connectivity index (χ2v) is 7.47. The first kappa shape index (κ1) is 11.3. The molecule has 3 rings (SSSR count). The summed E-state index contributed by atoms with van der Waals surface area (Å²) in [5.41, 5.74) is 1.30. The van der Waals surface area contributed by atoms with Gasteiger partial charge in [-0.25, -0.2) is 0 Å². The SMILES string of the molecule is Cc1sc[s+]c1Sc1cn(C)c2ccccc12. The first-order valence-electron chi connectivity index (χ1n) is 5.33. The van der Waals surface area contributed by atoms with Crippen LogP contribution in [0.2, 0.25) is 0 Å². The van der Waals surface area contributed by atoms with Crippen LogP contribution in [0.5, 0.6) is 0 Å². The van der Waals surface area contributed by atoms with E-state index in [1.54, 1.807) is 0 Å². The van der Waals surface area contributed by atoms with Crippen molar-refractivity contribution in [2.45, 2.75) is 16.0 Å². The average molecular weight is 278 g/mol. The lowest BCUT2D eigenvalue weighted by atomic mass is 10.2. The zero-order valence-corrected chi connectivity index (χ0v) is 12.1. The summed E-state index contributed by atoms with van der Waals surface area (Å²) in [6.45, 7) is 2.19. The van der Waals surface area contributed by atoms with Crippen LogP contribution in [0.25, 0.3) is 10.9 Å². The maximum atomic E-state index is 2.22. The van der Waals surface area contributed by atoms with Crippen LogP contribution >= 0.6 is 34.4 Å². The second kappa shape index (κ2) is 4.44. The topological polar surface area (TPSA) is 4.93 Å². The number of aryl methyl sites for hydroxylation is 2. The molecular weight excluding hydrogens is 266 g/mol. The minimum Gasteiger partial charge on any atom is -0.349 e. The van der Waals surface area contributed by atoms with E-state index in [-0.39, 0.29) is 0 Å². The largest absolute Gasteiger partial charge is 0.349 e. The molecule has 0 spiro atoms. The lowest BCUT2D eigenvalue weighted by Crippen LogP contribution is -1.81. The Labute approximate surface area is 113 Å². The highest BCUT2D eigenvalue weighted by atomic mass is 32.2. The molecule has 2 heterocycles. The van der Waals surface area contributed by atoms with Gasteiger partial charge in [0.15, 0.2) is 4.88 Å². The third-order valence-electron chi connectivity index (χ3n) is 2.73. The van der Waals surface area contributed by atoms with E-state index >= 15 is 0 Å². The van der Waals surface area contributed by atoms with Crippen LogP contribution in [0.4, 0.5) is 0 Å². The van der Waals surface area contributed by atoms with E-state index in [9.17, 15) is 0 Å². The van der Waals surface area contributed by atoms with Crippen LogP contribution in [0.15, 0.2) is 44.3 Å². The van der Waals surface area contributed by atoms with Crippen LogP contribution in [-0.2, 0) is 7.05 Å². The van der Waals surface area contributed by atoms with E-state index in [0.29, 0.717) is 0 Å². The molecule has 1 nitrogen and oxygen atoms in total. The summed E-state index contributed by atoms with van der Waals surface area (Å²) < 4.78 is 5.80. The predicted molar refractivity (Wildman–Crippen MR) is 78.4 cm³/mol. The molecule has 0 amide bonds. The molecule has 4 heteroatoms. The third-order valence-corrected chi connectivity index (χ3v) is 6.41. The summed E-state index contributed by atoms with van der Waals surface area (Å²) in [7, 11) is 2.11. The Balaban J connectivity index is 2.09. The average Bonchev–Trinajstić information content (AvgIpc) is 2.87. The molecule has 1 aromatic carbocycles. The summed E-state index contributed by atoms with van der Waals surface area (Å²) in [4.78, 5) is 2.76. The first-order chi connectivity index (χ1) is 8.25. The highest BCUT2D eigenvalue weighted by Crippen LogP contribution is 2.40. The van der Waals surface area contributed by atoms with Crippen LogP contribution in [0, 0.1) is 6.92 Å². The number of hydrogen-bond acceptors (Lipinski definition) is 2. The zero-order valence-electron chi connectivity index (χ0n) is 9.64. The van der Waals surface area contributed by atoms with E-state index in [1.807, 2.05) is 34.4 Å². The highest BCUT2D eigenvalue weighted by molar-refractivity contribution is 8.01. The van der Waals surface area contributed by atoms with Gasteiger partial charge in [-0.2, -0.15) is 0 Å². The van der Waals surface area contributed by atoms with Crippen molar-refractivity contribution < 1.29 is 0 Å². The molecule has 0 aliphatic rings. The Bertz CT molecular complexity index is 666. The molecule has 0 unspecified atom stereocenters. The van der Waals surface area contributed by atoms with E-state index < -0.39 is 0 Å². The second-order valence-electron chi connectivity index (χ2n) is 3.90. The molecule has 0 aliphatic heterocycles. The van der Waals surface area contributed by atoms with Crippen molar-refractivity contribution in [3.05, 3.63) is 40.0 Å². The molecule has 0 N–H and O–H groups in total. The van der Waals surface area contributed by atoms with E-state index in [0.717, 1.165) is 0 Å². The van der Waals surface area contributed by atoms with E-state index in [2.05, 4.69) is 53.7 Å². The van der Waals surface area contributed by atoms with Crippen molar-refractivity contribution in [2.24, 2.45) is 7.05 Å². The smallest absolute Gasteiger partial charge is 0.243 e. The van der Waals surface area contributed by atoms with Crippen molar-refractivity contribution in [3.8, 4) is 0 Å². The van der Waals surface area contributed by atoms with Crippen molar-refractivity contribution in [1.82, 2.24) is 4.57 Å². The summed E-state index contributed by atoms with van der Waals surface area (Å²) in [6, 6.07) is 8.57. The standard InChI is InChI=1S/C13H12NS3/c1-9-13(16-8-15-9)17-12-7-14(2)11-6-4-3-5-10(11)12/h3-8H,1-2H3/q+1. The Kier molecular flexibility index (Phi) is 2.94. The van der Waals surface area contributed by atoms with Gasteiger partial charge in [-0.15, -0.1) is 0 Å². The first-order valence-corrected chi connectivity index (χ1v) is 7.91. The molecule has 3 aromatic rings. The van der Waals surface area contributed by atoms with Gasteiger partial charge < -0.3 is 4.57 Å². The fourth-order valence-electron chi connectivity index (χ4n) is 1.85. The van der Waals surface area contributed by atoms with Gasteiger partial charge in [-0.05, 0) is 24.8 Å². The van der Waals surface area contributed by atoms with Gasteiger partial charge in [0.25, 0.3) is 0 Å². The lowest BCUT2D eigenvalue weighted by molar-refractivity contribution is 0.958. The van der Waals surface area contributed by atoms with Gasteiger partial charge in [-0.3, -0.25) is 0 Å². The monoisotopic (exact) mass is 278 g/mol. The molecule has 17 heavy (non-hydrogen) atoms. The van der Waals surface area contributed by atoms with Gasteiger partial charge >= 0.3 is 0 Å². The highest BCUT2D eigenvalue weighted by Gasteiger charge is 2.15. The number of benzene rings is 1. The third kappa shape index (κ3) is 2.01. The number of para-hydroxylation sites is 1. The Morgan fingerprint density at radius 2 is 2.12 bits per heavy atom.